The predicted octanol–water partition coefficient (Wildman–Crippen LogP) is 3.68. The molecule has 1 aromatic rings. The Morgan fingerprint density at radius 1 is 1.16 bits per heavy atom. The average molecular weight is 360 g/mol. The van der Waals surface area contributed by atoms with Crippen molar-refractivity contribution in [2.75, 3.05) is 13.1 Å². The highest BCUT2D eigenvalue weighted by molar-refractivity contribution is 5.94. The van der Waals surface area contributed by atoms with Crippen LogP contribution in [0.15, 0.2) is 24.3 Å². The van der Waals surface area contributed by atoms with Crippen molar-refractivity contribution in [2.45, 2.75) is 39.9 Å². The third-order valence-corrected chi connectivity index (χ3v) is 3.74. The van der Waals surface area contributed by atoms with Crippen LogP contribution in [0.3, 0.4) is 0 Å². The van der Waals surface area contributed by atoms with E-state index < -0.39 is 36.2 Å². The van der Waals surface area contributed by atoms with Crippen LogP contribution in [0.25, 0.3) is 0 Å². The first kappa shape index (κ1) is 20.8. The van der Waals surface area contributed by atoms with E-state index in [0.717, 1.165) is 5.56 Å². The molecule has 0 saturated carbocycles. The van der Waals surface area contributed by atoms with Crippen molar-refractivity contribution < 1.29 is 27.9 Å². The maximum atomic E-state index is 12.7. The number of carbonyl (C=O) groups is 2. The summed E-state index contributed by atoms with van der Waals surface area (Å²) in [4.78, 5) is 23.8. The van der Waals surface area contributed by atoms with Gasteiger partial charge in [-0.15, -0.1) is 0 Å². The van der Waals surface area contributed by atoms with E-state index >= 15 is 0 Å². The number of benzene rings is 1. The van der Waals surface area contributed by atoms with Crippen LogP contribution in [0.2, 0.25) is 0 Å². The Morgan fingerprint density at radius 2 is 1.68 bits per heavy atom. The number of hydrogen-bond acceptors (Lipinski definition) is 2. The minimum absolute atomic E-state index is 0.224. The second-order valence-corrected chi connectivity index (χ2v) is 6.98. The van der Waals surface area contributed by atoms with Gasteiger partial charge in [0.2, 0.25) is 0 Å². The molecule has 0 aliphatic rings. The van der Waals surface area contributed by atoms with E-state index in [1.807, 2.05) is 6.92 Å². The van der Waals surface area contributed by atoms with Gasteiger partial charge >= 0.3 is 12.3 Å². The van der Waals surface area contributed by atoms with Crippen LogP contribution >= 0.6 is 0 Å². The molecule has 0 fully saturated rings. The average Bonchev–Trinajstić information content (AvgIpc) is 2.44. The van der Waals surface area contributed by atoms with Crippen LogP contribution in [-0.4, -0.2) is 47.3 Å². The lowest BCUT2D eigenvalue weighted by Gasteiger charge is -2.39. The summed E-state index contributed by atoms with van der Waals surface area (Å²) in [7, 11) is 0. The SMILES string of the molecule is Cc1ccc(C(=O)NC[C@@H](N(CC(F)(F)F)C(=O)O)C(C)(C)C)cc1. The molecule has 8 heteroatoms. The fourth-order valence-electron chi connectivity index (χ4n) is 2.38. The molecular formula is C17H23F3N2O3. The number of rotatable bonds is 5. The molecule has 25 heavy (non-hydrogen) atoms. The number of carboxylic acid groups (broad SMARTS) is 1. The highest BCUT2D eigenvalue weighted by Crippen LogP contribution is 2.27. The molecule has 1 aromatic carbocycles. The van der Waals surface area contributed by atoms with E-state index in [1.165, 1.54) is 0 Å². The first-order valence-electron chi connectivity index (χ1n) is 7.72. The van der Waals surface area contributed by atoms with Crippen molar-refractivity contribution >= 4 is 12.0 Å². The Labute approximate surface area is 144 Å². The standard InChI is InChI=1S/C17H23F3N2O3/c1-11-5-7-12(8-6-11)14(23)21-9-13(16(2,3)4)22(15(24)25)10-17(18,19)20/h5-8,13H,9-10H2,1-4H3,(H,21,23)(H,24,25)/t13-/m1/s1. The van der Waals surface area contributed by atoms with Crippen LogP contribution in [0.4, 0.5) is 18.0 Å². The van der Waals surface area contributed by atoms with Crippen LogP contribution in [0, 0.1) is 12.3 Å². The minimum atomic E-state index is -4.66. The van der Waals surface area contributed by atoms with Crippen molar-refractivity contribution in [3.8, 4) is 0 Å². The Hall–Kier alpha value is -2.25. The zero-order valence-corrected chi connectivity index (χ0v) is 14.6. The summed E-state index contributed by atoms with van der Waals surface area (Å²) in [6.07, 6.45) is -6.34. The summed E-state index contributed by atoms with van der Waals surface area (Å²) >= 11 is 0. The lowest BCUT2D eigenvalue weighted by Crippen LogP contribution is -2.55. The van der Waals surface area contributed by atoms with Gasteiger partial charge in [-0.3, -0.25) is 9.69 Å². The number of halogens is 3. The Balaban J connectivity index is 2.93. The molecular weight excluding hydrogens is 337 g/mol. The van der Waals surface area contributed by atoms with Gasteiger partial charge in [0.25, 0.3) is 5.91 Å². The quantitative estimate of drug-likeness (QED) is 0.842. The molecule has 5 nitrogen and oxygen atoms in total. The largest absolute Gasteiger partial charge is 0.465 e. The Bertz CT molecular complexity index is 607. The van der Waals surface area contributed by atoms with Crippen LogP contribution in [0.5, 0.6) is 0 Å². The van der Waals surface area contributed by atoms with Gasteiger partial charge in [0.05, 0.1) is 6.04 Å². The number of amides is 2. The van der Waals surface area contributed by atoms with Crippen molar-refractivity contribution in [1.82, 2.24) is 10.2 Å². The van der Waals surface area contributed by atoms with Gasteiger partial charge in [0.15, 0.2) is 0 Å². The molecule has 0 saturated heterocycles. The lowest BCUT2D eigenvalue weighted by atomic mass is 9.85. The van der Waals surface area contributed by atoms with Crippen molar-refractivity contribution in [3.63, 3.8) is 0 Å². The number of nitrogens with one attached hydrogen (secondary N) is 1. The summed E-state index contributed by atoms with van der Waals surface area (Å²) in [6.45, 7) is 4.93. The molecule has 140 valence electrons. The number of hydrogen-bond donors (Lipinski definition) is 2. The summed E-state index contributed by atoms with van der Waals surface area (Å²) in [5.74, 6) is -0.466. The van der Waals surface area contributed by atoms with Crippen molar-refractivity contribution in [2.24, 2.45) is 5.41 Å². The monoisotopic (exact) mass is 360 g/mol. The van der Waals surface area contributed by atoms with Crippen LogP contribution in [-0.2, 0) is 0 Å². The third-order valence-electron chi connectivity index (χ3n) is 3.74. The fourth-order valence-corrected chi connectivity index (χ4v) is 2.38. The zero-order valence-electron chi connectivity index (χ0n) is 14.6. The van der Waals surface area contributed by atoms with Gasteiger partial charge < -0.3 is 10.4 Å². The van der Waals surface area contributed by atoms with Crippen LogP contribution in [0.1, 0.15) is 36.7 Å². The first-order valence-corrected chi connectivity index (χ1v) is 7.72. The number of nitrogens with zero attached hydrogens (tertiary/aromatic N) is 1. The molecule has 0 spiro atoms. The van der Waals surface area contributed by atoms with Gasteiger partial charge in [-0.25, -0.2) is 4.79 Å². The maximum absolute atomic E-state index is 12.7. The minimum Gasteiger partial charge on any atom is -0.465 e. The second-order valence-electron chi connectivity index (χ2n) is 6.98. The van der Waals surface area contributed by atoms with Gasteiger partial charge in [-0.1, -0.05) is 38.5 Å². The van der Waals surface area contributed by atoms with Gasteiger partial charge in [-0.2, -0.15) is 13.2 Å². The first-order chi connectivity index (χ1) is 11.3. The molecule has 2 N–H and O–H groups in total. The summed E-state index contributed by atoms with van der Waals surface area (Å²) < 4.78 is 38.2. The predicted molar refractivity (Wildman–Crippen MR) is 87.5 cm³/mol. The van der Waals surface area contributed by atoms with E-state index in [1.54, 1.807) is 45.0 Å². The summed E-state index contributed by atoms with van der Waals surface area (Å²) in [6, 6.07) is 5.64. The highest BCUT2D eigenvalue weighted by atomic mass is 19.4. The van der Waals surface area contributed by atoms with E-state index in [-0.39, 0.29) is 6.54 Å². The smallest absolute Gasteiger partial charge is 0.407 e. The number of carbonyl (C=O) groups excluding carboxylic acids is 1. The highest BCUT2D eigenvalue weighted by Gasteiger charge is 2.41. The number of alkyl halides is 3. The Kier molecular flexibility index (Phi) is 6.45. The fraction of sp³-hybridized carbons (Fsp3) is 0.529. The molecule has 0 aliphatic heterocycles. The van der Waals surface area contributed by atoms with Gasteiger partial charge in [0.1, 0.15) is 6.54 Å². The molecule has 0 radical (unpaired) electrons. The molecule has 0 unspecified atom stereocenters. The van der Waals surface area contributed by atoms with Crippen molar-refractivity contribution in [3.05, 3.63) is 35.4 Å². The zero-order chi connectivity index (χ0) is 19.4. The van der Waals surface area contributed by atoms with E-state index in [4.69, 9.17) is 0 Å². The third kappa shape index (κ3) is 6.64. The van der Waals surface area contributed by atoms with Gasteiger partial charge in [0, 0.05) is 12.1 Å². The van der Waals surface area contributed by atoms with E-state index in [0.29, 0.717) is 10.5 Å². The second kappa shape index (κ2) is 7.76. The molecule has 0 heterocycles. The van der Waals surface area contributed by atoms with Gasteiger partial charge in [-0.05, 0) is 24.5 Å². The maximum Gasteiger partial charge on any atom is 0.407 e. The van der Waals surface area contributed by atoms with E-state index in [9.17, 15) is 27.9 Å². The molecule has 0 aromatic heterocycles. The molecule has 2 amide bonds. The number of aryl methyl sites for hydroxylation is 1. The van der Waals surface area contributed by atoms with Crippen molar-refractivity contribution in [1.29, 1.82) is 0 Å². The lowest BCUT2D eigenvalue weighted by molar-refractivity contribution is -0.149. The topological polar surface area (TPSA) is 69.6 Å². The summed E-state index contributed by atoms with van der Waals surface area (Å²) in [5.41, 5.74) is 0.520. The molecule has 1 rings (SSSR count). The molecule has 1 atom stereocenters. The van der Waals surface area contributed by atoms with E-state index in [2.05, 4.69) is 5.32 Å². The summed E-state index contributed by atoms with van der Waals surface area (Å²) in [5, 5.41) is 11.7. The molecule has 0 bridgehead atoms. The Morgan fingerprint density at radius 3 is 2.08 bits per heavy atom. The molecule has 0 aliphatic carbocycles. The normalized spacial score (nSPS) is 13.2. The van der Waals surface area contributed by atoms with Crippen LogP contribution < -0.4 is 5.32 Å².